The van der Waals surface area contributed by atoms with Crippen molar-refractivity contribution in [1.82, 2.24) is 15.1 Å². The summed E-state index contributed by atoms with van der Waals surface area (Å²) >= 11 is 0. The molecule has 0 bridgehead atoms. The SMILES string of the molecule is CN1CCC(C#N)(c2ccnnc2)CC1. The summed E-state index contributed by atoms with van der Waals surface area (Å²) in [4.78, 5) is 2.25. The summed E-state index contributed by atoms with van der Waals surface area (Å²) in [5.74, 6) is 0. The maximum atomic E-state index is 9.36. The van der Waals surface area contributed by atoms with Crippen molar-refractivity contribution in [3.63, 3.8) is 0 Å². The fourth-order valence-electron chi connectivity index (χ4n) is 2.04. The van der Waals surface area contributed by atoms with E-state index >= 15 is 0 Å². The lowest BCUT2D eigenvalue weighted by Gasteiger charge is -2.35. The molecule has 4 heteroatoms. The van der Waals surface area contributed by atoms with Gasteiger partial charge < -0.3 is 4.90 Å². The van der Waals surface area contributed by atoms with Crippen LogP contribution in [0.3, 0.4) is 0 Å². The fraction of sp³-hybridized carbons (Fsp3) is 0.545. The fourth-order valence-corrected chi connectivity index (χ4v) is 2.04. The van der Waals surface area contributed by atoms with Crippen molar-refractivity contribution >= 4 is 0 Å². The zero-order valence-electron chi connectivity index (χ0n) is 8.85. The molecule has 1 aliphatic rings. The number of rotatable bonds is 1. The van der Waals surface area contributed by atoms with Crippen LogP contribution in [0.2, 0.25) is 0 Å². The van der Waals surface area contributed by atoms with E-state index in [0.29, 0.717) is 0 Å². The Kier molecular flexibility index (Phi) is 2.65. The Morgan fingerprint density at radius 1 is 1.40 bits per heavy atom. The zero-order chi connectivity index (χ0) is 10.7. The van der Waals surface area contributed by atoms with Crippen LogP contribution < -0.4 is 0 Å². The summed E-state index contributed by atoms with van der Waals surface area (Å²) in [6, 6.07) is 4.36. The number of hydrogen-bond acceptors (Lipinski definition) is 4. The third-order valence-electron chi connectivity index (χ3n) is 3.19. The normalized spacial score (nSPS) is 20.8. The number of nitrogens with zero attached hydrogens (tertiary/aromatic N) is 4. The van der Waals surface area contributed by atoms with Crippen LogP contribution >= 0.6 is 0 Å². The van der Waals surface area contributed by atoms with Gasteiger partial charge in [0.2, 0.25) is 0 Å². The molecule has 0 N–H and O–H groups in total. The van der Waals surface area contributed by atoms with Crippen LogP contribution in [0.4, 0.5) is 0 Å². The second-order valence-corrected chi connectivity index (χ2v) is 4.13. The molecule has 0 amide bonds. The number of aromatic nitrogens is 2. The van der Waals surface area contributed by atoms with Crippen molar-refractivity contribution in [3.8, 4) is 6.07 Å². The Hall–Kier alpha value is -1.47. The first kappa shape index (κ1) is 10.1. The van der Waals surface area contributed by atoms with Gasteiger partial charge in [0.15, 0.2) is 0 Å². The third kappa shape index (κ3) is 1.83. The van der Waals surface area contributed by atoms with Crippen LogP contribution in [0.15, 0.2) is 18.5 Å². The average Bonchev–Trinajstić information content (AvgIpc) is 2.32. The molecule has 0 unspecified atom stereocenters. The predicted octanol–water partition coefficient (Wildman–Crippen LogP) is 0.964. The Bertz CT molecular complexity index is 360. The Labute approximate surface area is 89.5 Å². The minimum absolute atomic E-state index is 0.345. The Morgan fingerprint density at radius 3 is 2.67 bits per heavy atom. The maximum Gasteiger partial charge on any atom is 0.0862 e. The largest absolute Gasteiger partial charge is 0.306 e. The van der Waals surface area contributed by atoms with E-state index in [0.717, 1.165) is 31.5 Å². The second kappa shape index (κ2) is 3.95. The van der Waals surface area contributed by atoms with Crippen LogP contribution in [0.25, 0.3) is 0 Å². The summed E-state index contributed by atoms with van der Waals surface area (Å²) in [6.45, 7) is 1.94. The van der Waals surface area contributed by atoms with Gasteiger partial charge in [-0.25, -0.2) is 0 Å². The number of piperidine rings is 1. The average molecular weight is 202 g/mol. The maximum absolute atomic E-state index is 9.36. The van der Waals surface area contributed by atoms with Crippen LogP contribution in [0.1, 0.15) is 18.4 Å². The standard InChI is InChI=1S/C11H14N4/c1-15-6-3-11(9-12,4-7-15)10-2-5-13-14-8-10/h2,5,8H,3-4,6-7H2,1H3. The van der Waals surface area contributed by atoms with Crippen LogP contribution in [0, 0.1) is 11.3 Å². The van der Waals surface area contributed by atoms with Crippen molar-refractivity contribution in [2.75, 3.05) is 20.1 Å². The molecular formula is C11H14N4. The van der Waals surface area contributed by atoms with Gasteiger partial charge in [-0.3, -0.25) is 0 Å². The molecule has 0 saturated carbocycles. The minimum Gasteiger partial charge on any atom is -0.306 e. The van der Waals surface area contributed by atoms with Gasteiger partial charge in [-0.05, 0) is 44.6 Å². The topological polar surface area (TPSA) is 52.8 Å². The molecule has 1 saturated heterocycles. The molecule has 0 aliphatic carbocycles. The Morgan fingerprint density at radius 2 is 2.13 bits per heavy atom. The van der Waals surface area contributed by atoms with Gasteiger partial charge in [-0.15, -0.1) is 0 Å². The highest BCUT2D eigenvalue weighted by Gasteiger charge is 2.35. The van der Waals surface area contributed by atoms with Crippen molar-refractivity contribution < 1.29 is 0 Å². The molecule has 2 rings (SSSR count). The molecule has 0 radical (unpaired) electrons. The van der Waals surface area contributed by atoms with Crippen LogP contribution in [-0.4, -0.2) is 35.2 Å². The minimum atomic E-state index is -0.345. The molecule has 1 aliphatic heterocycles. The molecular weight excluding hydrogens is 188 g/mol. The lowest BCUT2D eigenvalue weighted by Crippen LogP contribution is -2.40. The van der Waals surface area contributed by atoms with Crippen molar-refractivity contribution in [2.45, 2.75) is 18.3 Å². The van der Waals surface area contributed by atoms with Gasteiger partial charge in [-0.1, -0.05) is 0 Å². The zero-order valence-corrected chi connectivity index (χ0v) is 8.85. The van der Waals surface area contributed by atoms with Crippen LogP contribution in [-0.2, 0) is 5.41 Å². The van der Waals surface area contributed by atoms with Crippen LogP contribution in [0.5, 0.6) is 0 Å². The highest BCUT2D eigenvalue weighted by atomic mass is 15.1. The molecule has 0 atom stereocenters. The van der Waals surface area contributed by atoms with Crippen molar-refractivity contribution in [2.24, 2.45) is 0 Å². The number of hydrogen-bond donors (Lipinski definition) is 0. The monoisotopic (exact) mass is 202 g/mol. The van der Waals surface area contributed by atoms with Gasteiger partial charge >= 0.3 is 0 Å². The Balaban J connectivity index is 2.28. The summed E-state index contributed by atoms with van der Waals surface area (Å²) < 4.78 is 0. The molecule has 78 valence electrons. The predicted molar refractivity (Wildman–Crippen MR) is 56.1 cm³/mol. The van der Waals surface area contributed by atoms with E-state index in [4.69, 9.17) is 0 Å². The van der Waals surface area contributed by atoms with E-state index in [1.807, 2.05) is 6.07 Å². The first-order chi connectivity index (χ1) is 7.27. The number of nitriles is 1. The lowest BCUT2D eigenvalue weighted by atomic mass is 9.75. The molecule has 1 aromatic heterocycles. The summed E-state index contributed by atoms with van der Waals surface area (Å²) in [6.07, 6.45) is 5.14. The van der Waals surface area contributed by atoms with E-state index < -0.39 is 0 Å². The highest BCUT2D eigenvalue weighted by Crippen LogP contribution is 2.33. The van der Waals surface area contributed by atoms with Gasteiger partial charge in [0.1, 0.15) is 0 Å². The van der Waals surface area contributed by atoms with Crippen molar-refractivity contribution in [3.05, 3.63) is 24.0 Å². The smallest absolute Gasteiger partial charge is 0.0862 e. The second-order valence-electron chi connectivity index (χ2n) is 4.13. The van der Waals surface area contributed by atoms with Gasteiger partial charge in [0.05, 0.1) is 17.7 Å². The van der Waals surface area contributed by atoms with E-state index in [1.54, 1.807) is 12.4 Å². The van der Waals surface area contributed by atoms with Crippen molar-refractivity contribution in [1.29, 1.82) is 5.26 Å². The van der Waals surface area contributed by atoms with Gasteiger partial charge in [-0.2, -0.15) is 15.5 Å². The summed E-state index contributed by atoms with van der Waals surface area (Å²) in [5, 5.41) is 17.0. The van der Waals surface area contributed by atoms with Gasteiger partial charge in [0, 0.05) is 6.20 Å². The first-order valence-electron chi connectivity index (χ1n) is 5.14. The molecule has 1 fully saturated rings. The molecule has 1 aromatic rings. The van der Waals surface area contributed by atoms with E-state index in [2.05, 4.69) is 28.2 Å². The lowest BCUT2D eigenvalue weighted by molar-refractivity contribution is 0.221. The van der Waals surface area contributed by atoms with E-state index in [9.17, 15) is 5.26 Å². The summed E-state index contributed by atoms with van der Waals surface area (Å²) in [7, 11) is 2.09. The molecule has 0 aromatic carbocycles. The quantitative estimate of drug-likeness (QED) is 0.680. The highest BCUT2D eigenvalue weighted by molar-refractivity contribution is 5.30. The molecule has 0 spiro atoms. The molecule has 15 heavy (non-hydrogen) atoms. The molecule has 4 nitrogen and oxygen atoms in total. The number of likely N-dealkylation sites (tertiary alicyclic amines) is 1. The van der Waals surface area contributed by atoms with E-state index in [1.165, 1.54) is 0 Å². The summed E-state index contributed by atoms with van der Waals surface area (Å²) in [5.41, 5.74) is 0.663. The molecule has 2 heterocycles. The van der Waals surface area contributed by atoms with Gasteiger partial charge in [0.25, 0.3) is 0 Å². The third-order valence-corrected chi connectivity index (χ3v) is 3.19. The first-order valence-corrected chi connectivity index (χ1v) is 5.14. The van der Waals surface area contributed by atoms with E-state index in [-0.39, 0.29) is 5.41 Å².